The monoisotopic (exact) mass is 235 g/mol. The number of halogens is 1. The molecule has 0 amide bonds. The maximum atomic E-state index is 5.98. The van der Waals surface area contributed by atoms with Gasteiger partial charge in [0.15, 0.2) is 0 Å². The molecule has 0 spiro atoms. The average Bonchev–Trinajstić information content (AvgIpc) is 2.60. The molecule has 0 saturated carbocycles. The molecule has 0 saturated heterocycles. The standard InChI is InChI=1S/C12H14ClN3/c1-8(2)16-12(11(14)7-15-16)9-4-3-5-10(13)6-9/h3-8H,14H2,1-2H3. The van der Waals surface area contributed by atoms with E-state index in [0.29, 0.717) is 10.7 Å². The van der Waals surface area contributed by atoms with Gasteiger partial charge in [-0.2, -0.15) is 5.10 Å². The highest BCUT2D eigenvalue weighted by Gasteiger charge is 2.12. The van der Waals surface area contributed by atoms with Crippen molar-refractivity contribution in [2.45, 2.75) is 19.9 Å². The maximum absolute atomic E-state index is 5.98. The number of aromatic nitrogens is 2. The lowest BCUT2D eigenvalue weighted by atomic mass is 10.1. The Kier molecular flexibility index (Phi) is 2.88. The lowest BCUT2D eigenvalue weighted by Gasteiger charge is -2.11. The molecule has 0 atom stereocenters. The molecule has 0 fully saturated rings. The average molecular weight is 236 g/mol. The topological polar surface area (TPSA) is 43.8 Å². The van der Waals surface area contributed by atoms with Gasteiger partial charge in [-0.05, 0) is 26.0 Å². The highest BCUT2D eigenvalue weighted by atomic mass is 35.5. The van der Waals surface area contributed by atoms with Crippen molar-refractivity contribution < 1.29 is 0 Å². The molecule has 0 bridgehead atoms. The van der Waals surface area contributed by atoms with Gasteiger partial charge in [-0.25, -0.2) is 0 Å². The first-order valence-electron chi connectivity index (χ1n) is 5.18. The Hall–Kier alpha value is -1.48. The van der Waals surface area contributed by atoms with Crippen LogP contribution in [0.4, 0.5) is 5.69 Å². The van der Waals surface area contributed by atoms with Gasteiger partial charge in [-0.1, -0.05) is 23.7 Å². The first-order chi connectivity index (χ1) is 7.59. The minimum atomic E-state index is 0.270. The van der Waals surface area contributed by atoms with Gasteiger partial charge in [0.1, 0.15) is 0 Å². The Balaban J connectivity index is 2.59. The minimum absolute atomic E-state index is 0.270. The number of nitrogen functional groups attached to an aromatic ring is 1. The fourth-order valence-corrected chi connectivity index (χ4v) is 1.89. The first kappa shape index (κ1) is 11.0. The zero-order valence-corrected chi connectivity index (χ0v) is 10.1. The highest BCUT2D eigenvalue weighted by molar-refractivity contribution is 6.30. The summed E-state index contributed by atoms with van der Waals surface area (Å²) in [7, 11) is 0. The lowest BCUT2D eigenvalue weighted by Crippen LogP contribution is -2.05. The quantitative estimate of drug-likeness (QED) is 0.868. The summed E-state index contributed by atoms with van der Waals surface area (Å²) < 4.78 is 1.90. The van der Waals surface area contributed by atoms with E-state index in [4.69, 9.17) is 17.3 Å². The van der Waals surface area contributed by atoms with E-state index in [2.05, 4.69) is 18.9 Å². The molecule has 2 N–H and O–H groups in total. The van der Waals surface area contributed by atoms with Crippen LogP contribution in [-0.4, -0.2) is 9.78 Å². The number of rotatable bonds is 2. The fourth-order valence-electron chi connectivity index (χ4n) is 1.70. The second kappa shape index (κ2) is 4.18. The van der Waals surface area contributed by atoms with E-state index in [1.165, 1.54) is 0 Å². The van der Waals surface area contributed by atoms with E-state index in [-0.39, 0.29) is 6.04 Å². The number of anilines is 1. The molecule has 84 valence electrons. The van der Waals surface area contributed by atoms with Gasteiger partial charge in [0, 0.05) is 16.6 Å². The van der Waals surface area contributed by atoms with Crippen molar-refractivity contribution in [3.63, 3.8) is 0 Å². The van der Waals surface area contributed by atoms with Crippen LogP contribution in [0.1, 0.15) is 19.9 Å². The van der Waals surface area contributed by atoms with Crippen molar-refractivity contribution in [1.29, 1.82) is 0 Å². The van der Waals surface area contributed by atoms with Crippen molar-refractivity contribution in [2.24, 2.45) is 0 Å². The number of hydrogen-bond acceptors (Lipinski definition) is 2. The zero-order valence-electron chi connectivity index (χ0n) is 9.31. The predicted molar refractivity (Wildman–Crippen MR) is 67.5 cm³/mol. The van der Waals surface area contributed by atoms with Crippen molar-refractivity contribution in [2.75, 3.05) is 5.73 Å². The van der Waals surface area contributed by atoms with Crippen LogP contribution in [0.25, 0.3) is 11.3 Å². The molecule has 0 aliphatic heterocycles. The zero-order chi connectivity index (χ0) is 11.7. The summed E-state index contributed by atoms with van der Waals surface area (Å²) in [5, 5.41) is 4.97. The van der Waals surface area contributed by atoms with Crippen molar-refractivity contribution in [1.82, 2.24) is 9.78 Å². The van der Waals surface area contributed by atoms with E-state index in [9.17, 15) is 0 Å². The molecule has 1 aromatic carbocycles. The molecule has 1 heterocycles. The largest absolute Gasteiger partial charge is 0.396 e. The number of benzene rings is 1. The van der Waals surface area contributed by atoms with Gasteiger partial charge in [-0.15, -0.1) is 0 Å². The maximum Gasteiger partial charge on any atom is 0.0915 e. The Morgan fingerprint density at radius 3 is 2.75 bits per heavy atom. The number of nitrogens with zero attached hydrogens (tertiary/aromatic N) is 2. The van der Waals surface area contributed by atoms with Gasteiger partial charge >= 0.3 is 0 Å². The molecule has 0 aliphatic rings. The number of nitrogens with two attached hydrogens (primary N) is 1. The summed E-state index contributed by atoms with van der Waals surface area (Å²) in [5.74, 6) is 0. The van der Waals surface area contributed by atoms with Crippen molar-refractivity contribution >= 4 is 17.3 Å². The van der Waals surface area contributed by atoms with Gasteiger partial charge in [0.25, 0.3) is 0 Å². The molecule has 1 aromatic heterocycles. The third-order valence-electron chi connectivity index (χ3n) is 2.41. The first-order valence-corrected chi connectivity index (χ1v) is 5.56. The summed E-state index contributed by atoms with van der Waals surface area (Å²) in [4.78, 5) is 0. The van der Waals surface area contributed by atoms with E-state index in [0.717, 1.165) is 11.3 Å². The minimum Gasteiger partial charge on any atom is -0.396 e. The van der Waals surface area contributed by atoms with Gasteiger partial charge < -0.3 is 5.73 Å². The molecule has 4 heteroatoms. The second-order valence-corrected chi connectivity index (χ2v) is 4.43. The summed E-state index contributed by atoms with van der Waals surface area (Å²) in [6.07, 6.45) is 1.68. The Morgan fingerprint density at radius 2 is 2.12 bits per heavy atom. The SMILES string of the molecule is CC(C)n1ncc(N)c1-c1cccc(Cl)c1. The second-order valence-electron chi connectivity index (χ2n) is 4.00. The van der Waals surface area contributed by atoms with Crippen LogP contribution in [0.5, 0.6) is 0 Å². The molecule has 0 radical (unpaired) electrons. The molecule has 0 unspecified atom stereocenters. The Morgan fingerprint density at radius 1 is 1.38 bits per heavy atom. The van der Waals surface area contributed by atoms with Crippen LogP contribution in [-0.2, 0) is 0 Å². The van der Waals surface area contributed by atoms with E-state index in [1.807, 2.05) is 28.9 Å². The molecular weight excluding hydrogens is 222 g/mol. The van der Waals surface area contributed by atoms with Crippen LogP contribution in [0.15, 0.2) is 30.5 Å². The van der Waals surface area contributed by atoms with Crippen LogP contribution >= 0.6 is 11.6 Å². The molecule has 0 aliphatic carbocycles. The summed E-state index contributed by atoms with van der Waals surface area (Å²) in [5.41, 5.74) is 8.54. The molecule has 2 rings (SSSR count). The van der Waals surface area contributed by atoms with Crippen molar-refractivity contribution in [3.8, 4) is 11.3 Å². The van der Waals surface area contributed by atoms with Crippen LogP contribution in [0.2, 0.25) is 5.02 Å². The molecule has 3 nitrogen and oxygen atoms in total. The lowest BCUT2D eigenvalue weighted by molar-refractivity contribution is 0.538. The smallest absolute Gasteiger partial charge is 0.0915 e. The summed E-state index contributed by atoms with van der Waals surface area (Å²) in [6, 6.07) is 7.91. The van der Waals surface area contributed by atoms with E-state index in [1.54, 1.807) is 6.20 Å². The third-order valence-corrected chi connectivity index (χ3v) is 2.65. The fraction of sp³-hybridized carbons (Fsp3) is 0.250. The van der Waals surface area contributed by atoms with Gasteiger partial charge in [0.05, 0.1) is 17.6 Å². The highest BCUT2D eigenvalue weighted by Crippen LogP contribution is 2.29. The summed E-state index contributed by atoms with van der Waals surface area (Å²) in [6.45, 7) is 4.14. The normalized spacial score (nSPS) is 11.0. The molecular formula is C12H14ClN3. The van der Waals surface area contributed by atoms with Crippen LogP contribution < -0.4 is 5.73 Å². The van der Waals surface area contributed by atoms with Crippen LogP contribution in [0.3, 0.4) is 0 Å². The van der Waals surface area contributed by atoms with Gasteiger partial charge in [-0.3, -0.25) is 4.68 Å². The van der Waals surface area contributed by atoms with Gasteiger partial charge in [0.2, 0.25) is 0 Å². The van der Waals surface area contributed by atoms with Crippen LogP contribution in [0, 0.1) is 0 Å². The van der Waals surface area contributed by atoms with Crippen molar-refractivity contribution in [3.05, 3.63) is 35.5 Å². The Bertz CT molecular complexity index is 503. The summed E-state index contributed by atoms with van der Waals surface area (Å²) >= 11 is 5.98. The third kappa shape index (κ3) is 1.91. The van der Waals surface area contributed by atoms with E-state index < -0.39 is 0 Å². The van der Waals surface area contributed by atoms with E-state index >= 15 is 0 Å². The number of hydrogen-bond donors (Lipinski definition) is 1. The molecule has 16 heavy (non-hydrogen) atoms. The molecule has 2 aromatic rings. The predicted octanol–water partition coefficient (Wildman–Crippen LogP) is 3.37. The Labute approximate surface area is 99.8 Å².